The van der Waals surface area contributed by atoms with E-state index in [4.69, 9.17) is 4.74 Å². The standard InChI is InChI=1S/C15H19N3O2/c1-10(2)8-20-15-13-12(6-4-5-11(3)19)7-16-14(13)17-9-18-15/h4,6-7,9-10H,5,8H2,1-3H3,(H,16,17,18)/b6-4+. The molecule has 0 atom stereocenters. The normalized spacial score (nSPS) is 11.6. The van der Waals surface area contributed by atoms with Crippen LogP contribution in [-0.4, -0.2) is 27.3 Å². The van der Waals surface area contributed by atoms with Crippen molar-refractivity contribution in [3.05, 3.63) is 24.2 Å². The van der Waals surface area contributed by atoms with E-state index in [0.717, 1.165) is 16.6 Å². The number of fused-ring (bicyclic) bond motifs is 1. The predicted octanol–water partition coefficient (Wildman–Crippen LogP) is 2.99. The maximum absolute atomic E-state index is 11.0. The summed E-state index contributed by atoms with van der Waals surface area (Å²) in [5.41, 5.74) is 1.67. The van der Waals surface area contributed by atoms with Gasteiger partial charge in [0.2, 0.25) is 5.88 Å². The quantitative estimate of drug-likeness (QED) is 0.878. The minimum Gasteiger partial charge on any atom is -0.477 e. The Bertz CT molecular complexity index is 629. The summed E-state index contributed by atoms with van der Waals surface area (Å²) < 4.78 is 5.74. The largest absolute Gasteiger partial charge is 0.477 e. The molecule has 0 aliphatic carbocycles. The monoisotopic (exact) mass is 273 g/mol. The van der Waals surface area contributed by atoms with Crippen molar-refractivity contribution in [1.29, 1.82) is 0 Å². The molecule has 1 N–H and O–H groups in total. The molecule has 5 nitrogen and oxygen atoms in total. The minimum absolute atomic E-state index is 0.133. The third kappa shape index (κ3) is 3.44. The fourth-order valence-electron chi connectivity index (χ4n) is 1.80. The van der Waals surface area contributed by atoms with Crippen LogP contribution in [0.1, 0.15) is 32.8 Å². The van der Waals surface area contributed by atoms with Crippen LogP contribution in [0.25, 0.3) is 17.1 Å². The Kier molecular flexibility index (Phi) is 4.50. The van der Waals surface area contributed by atoms with Gasteiger partial charge in [0.05, 0.1) is 12.0 Å². The average Bonchev–Trinajstić information content (AvgIpc) is 2.80. The van der Waals surface area contributed by atoms with E-state index in [2.05, 4.69) is 28.8 Å². The lowest BCUT2D eigenvalue weighted by atomic mass is 10.2. The number of nitrogens with zero attached hydrogens (tertiary/aromatic N) is 2. The molecule has 0 bridgehead atoms. The van der Waals surface area contributed by atoms with Crippen molar-refractivity contribution in [2.24, 2.45) is 5.92 Å². The second-order valence-corrected chi connectivity index (χ2v) is 5.16. The maximum atomic E-state index is 11.0. The Morgan fingerprint density at radius 2 is 2.25 bits per heavy atom. The van der Waals surface area contributed by atoms with Crippen LogP contribution in [0.5, 0.6) is 5.88 Å². The Balaban J connectivity index is 2.31. The van der Waals surface area contributed by atoms with Crippen LogP contribution in [0.3, 0.4) is 0 Å². The van der Waals surface area contributed by atoms with Gasteiger partial charge in [-0.05, 0) is 12.8 Å². The summed E-state index contributed by atoms with van der Waals surface area (Å²) in [7, 11) is 0. The zero-order valence-corrected chi connectivity index (χ0v) is 12.0. The minimum atomic E-state index is 0.133. The topological polar surface area (TPSA) is 67.9 Å². The highest BCUT2D eigenvalue weighted by Gasteiger charge is 2.11. The number of ether oxygens (including phenoxy) is 1. The van der Waals surface area contributed by atoms with Gasteiger partial charge in [-0.1, -0.05) is 26.0 Å². The van der Waals surface area contributed by atoms with E-state index >= 15 is 0 Å². The lowest BCUT2D eigenvalue weighted by molar-refractivity contribution is -0.116. The van der Waals surface area contributed by atoms with Crippen LogP contribution in [0.4, 0.5) is 0 Å². The number of ketones is 1. The maximum Gasteiger partial charge on any atom is 0.226 e. The first-order valence-electron chi connectivity index (χ1n) is 6.68. The number of nitrogens with one attached hydrogen (secondary N) is 1. The van der Waals surface area contributed by atoms with Crippen molar-refractivity contribution < 1.29 is 9.53 Å². The van der Waals surface area contributed by atoms with Gasteiger partial charge >= 0.3 is 0 Å². The summed E-state index contributed by atoms with van der Waals surface area (Å²) >= 11 is 0. The van der Waals surface area contributed by atoms with E-state index in [-0.39, 0.29) is 5.78 Å². The second-order valence-electron chi connectivity index (χ2n) is 5.16. The number of rotatable bonds is 6. The fraction of sp³-hybridized carbons (Fsp3) is 0.400. The molecule has 106 valence electrons. The summed E-state index contributed by atoms with van der Waals surface area (Å²) in [4.78, 5) is 22.4. The van der Waals surface area contributed by atoms with E-state index in [1.54, 1.807) is 6.92 Å². The van der Waals surface area contributed by atoms with Crippen LogP contribution in [0, 0.1) is 5.92 Å². The number of carbonyl (C=O) groups is 1. The lowest BCUT2D eigenvalue weighted by Gasteiger charge is -2.08. The molecular weight excluding hydrogens is 254 g/mol. The SMILES string of the molecule is CC(=O)C/C=C/c1c[nH]c2ncnc(OCC(C)C)c12. The van der Waals surface area contributed by atoms with Crippen LogP contribution < -0.4 is 4.74 Å². The molecule has 0 unspecified atom stereocenters. The van der Waals surface area contributed by atoms with Crippen LogP contribution >= 0.6 is 0 Å². The van der Waals surface area contributed by atoms with Crippen molar-refractivity contribution in [2.75, 3.05) is 6.61 Å². The molecule has 2 rings (SSSR count). The Morgan fingerprint density at radius 3 is 2.95 bits per heavy atom. The molecule has 0 saturated carbocycles. The molecule has 0 spiro atoms. The Morgan fingerprint density at radius 1 is 1.45 bits per heavy atom. The van der Waals surface area contributed by atoms with Gasteiger partial charge < -0.3 is 9.72 Å². The van der Waals surface area contributed by atoms with E-state index < -0.39 is 0 Å². The van der Waals surface area contributed by atoms with Crippen LogP contribution in [-0.2, 0) is 4.79 Å². The number of H-pyrrole nitrogens is 1. The number of aromatic nitrogens is 3. The van der Waals surface area contributed by atoms with Gasteiger partial charge in [0.25, 0.3) is 0 Å². The van der Waals surface area contributed by atoms with Crippen molar-refractivity contribution in [3.63, 3.8) is 0 Å². The molecule has 5 heteroatoms. The smallest absolute Gasteiger partial charge is 0.226 e. The highest BCUT2D eigenvalue weighted by molar-refractivity contribution is 5.90. The molecule has 0 aliphatic rings. The van der Waals surface area contributed by atoms with Crippen LogP contribution in [0.15, 0.2) is 18.6 Å². The Hall–Kier alpha value is -2.17. The summed E-state index contributed by atoms with van der Waals surface area (Å²) in [5.74, 6) is 1.14. The van der Waals surface area contributed by atoms with Gasteiger partial charge in [0, 0.05) is 18.2 Å². The van der Waals surface area contributed by atoms with Crippen molar-refractivity contribution in [2.45, 2.75) is 27.2 Å². The number of aromatic amines is 1. The zero-order chi connectivity index (χ0) is 14.5. The first-order valence-corrected chi connectivity index (χ1v) is 6.68. The van der Waals surface area contributed by atoms with Gasteiger partial charge in [0.1, 0.15) is 17.8 Å². The van der Waals surface area contributed by atoms with Gasteiger partial charge in [-0.3, -0.25) is 4.79 Å². The molecule has 20 heavy (non-hydrogen) atoms. The van der Waals surface area contributed by atoms with Crippen LogP contribution in [0.2, 0.25) is 0 Å². The van der Waals surface area contributed by atoms with E-state index in [1.165, 1.54) is 6.33 Å². The molecule has 0 aliphatic heterocycles. The highest BCUT2D eigenvalue weighted by atomic mass is 16.5. The van der Waals surface area contributed by atoms with E-state index in [0.29, 0.717) is 24.8 Å². The lowest BCUT2D eigenvalue weighted by Crippen LogP contribution is -2.06. The third-order valence-corrected chi connectivity index (χ3v) is 2.72. The summed E-state index contributed by atoms with van der Waals surface area (Å²) in [6.07, 6.45) is 7.48. The van der Waals surface area contributed by atoms with Gasteiger partial charge in [0.15, 0.2) is 0 Å². The highest BCUT2D eigenvalue weighted by Crippen LogP contribution is 2.26. The molecule has 2 heterocycles. The average molecular weight is 273 g/mol. The van der Waals surface area contributed by atoms with Crippen molar-refractivity contribution >= 4 is 22.9 Å². The molecule has 0 saturated heterocycles. The number of Topliss-reactive ketones (excluding diaryl/α,β-unsaturated/α-hetero) is 1. The van der Waals surface area contributed by atoms with Crippen molar-refractivity contribution in [1.82, 2.24) is 15.0 Å². The molecule has 0 fully saturated rings. The second kappa shape index (κ2) is 6.32. The summed E-state index contributed by atoms with van der Waals surface area (Å²) in [5, 5.41) is 0.855. The van der Waals surface area contributed by atoms with E-state index in [9.17, 15) is 4.79 Å². The van der Waals surface area contributed by atoms with Gasteiger partial charge in [-0.2, -0.15) is 0 Å². The van der Waals surface area contributed by atoms with Gasteiger partial charge in [-0.15, -0.1) is 0 Å². The van der Waals surface area contributed by atoms with Crippen molar-refractivity contribution in [3.8, 4) is 5.88 Å². The predicted molar refractivity (Wildman–Crippen MR) is 78.6 cm³/mol. The zero-order valence-electron chi connectivity index (χ0n) is 12.0. The number of hydrogen-bond acceptors (Lipinski definition) is 4. The number of carbonyl (C=O) groups excluding carboxylic acids is 1. The van der Waals surface area contributed by atoms with Gasteiger partial charge in [-0.25, -0.2) is 9.97 Å². The summed E-state index contributed by atoms with van der Waals surface area (Å²) in [6.45, 7) is 6.35. The molecule has 0 aromatic carbocycles. The molecule has 2 aromatic heterocycles. The molecule has 2 aromatic rings. The number of hydrogen-bond donors (Lipinski definition) is 1. The molecule has 0 amide bonds. The number of allylic oxidation sites excluding steroid dienone is 1. The van der Waals surface area contributed by atoms with E-state index in [1.807, 2.05) is 18.3 Å². The first kappa shape index (κ1) is 14.2. The Labute approximate surface area is 118 Å². The third-order valence-electron chi connectivity index (χ3n) is 2.72. The fourth-order valence-corrected chi connectivity index (χ4v) is 1.80. The first-order chi connectivity index (χ1) is 9.58. The summed E-state index contributed by atoms with van der Waals surface area (Å²) in [6, 6.07) is 0. The molecule has 0 radical (unpaired) electrons. The molecular formula is C15H19N3O2.